The maximum atomic E-state index is 11.9. The number of rotatable bonds is 4. The molecule has 0 bridgehead atoms. The first-order valence-corrected chi connectivity index (χ1v) is 7.25. The molecule has 0 aliphatic carbocycles. The van der Waals surface area contributed by atoms with Gasteiger partial charge in [-0.25, -0.2) is 4.98 Å². The summed E-state index contributed by atoms with van der Waals surface area (Å²) in [6, 6.07) is 3.54. The van der Waals surface area contributed by atoms with E-state index in [1.54, 1.807) is 18.3 Å². The molecular formula is C13H19BrN4O. The standard InChI is InChI=1S/C13H19BrN4O/c1-17-6-8-18(9-7-17)5-4-15-13(19)11-2-3-12(14)16-10-11/h2-3,10H,4-9H2,1H3,(H,15,19). The number of nitrogens with one attached hydrogen (secondary N) is 1. The second-order valence-electron chi connectivity index (χ2n) is 4.77. The minimum atomic E-state index is -0.0610. The van der Waals surface area contributed by atoms with Crippen LogP contribution in [0.3, 0.4) is 0 Å². The molecule has 0 spiro atoms. The number of hydrogen-bond donors (Lipinski definition) is 1. The quantitative estimate of drug-likeness (QED) is 0.832. The molecule has 0 unspecified atom stereocenters. The average molecular weight is 327 g/mol. The Kier molecular flexibility index (Phi) is 5.30. The summed E-state index contributed by atoms with van der Waals surface area (Å²) >= 11 is 3.25. The Morgan fingerprint density at radius 2 is 2.11 bits per heavy atom. The smallest absolute Gasteiger partial charge is 0.252 e. The maximum absolute atomic E-state index is 11.9. The van der Waals surface area contributed by atoms with Crippen LogP contribution in [0.25, 0.3) is 0 Å². The first kappa shape index (κ1) is 14.4. The van der Waals surface area contributed by atoms with Crippen molar-refractivity contribution < 1.29 is 4.79 Å². The highest BCUT2D eigenvalue weighted by Gasteiger charge is 2.13. The summed E-state index contributed by atoms with van der Waals surface area (Å²) in [5.41, 5.74) is 0.599. The van der Waals surface area contributed by atoms with E-state index in [4.69, 9.17) is 0 Å². The number of carbonyl (C=O) groups is 1. The van der Waals surface area contributed by atoms with E-state index < -0.39 is 0 Å². The summed E-state index contributed by atoms with van der Waals surface area (Å²) in [4.78, 5) is 20.6. The van der Waals surface area contributed by atoms with Crippen LogP contribution >= 0.6 is 15.9 Å². The predicted octanol–water partition coefficient (Wildman–Crippen LogP) is 0.821. The average Bonchev–Trinajstić information content (AvgIpc) is 2.41. The molecule has 0 saturated carbocycles. The number of nitrogens with zero attached hydrogens (tertiary/aromatic N) is 3. The molecule has 5 nitrogen and oxygen atoms in total. The van der Waals surface area contributed by atoms with Crippen molar-refractivity contribution in [2.45, 2.75) is 0 Å². The maximum Gasteiger partial charge on any atom is 0.252 e. The Bertz CT molecular complexity index is 415. The molecule has 2 rings (SSSR count). The molecule has 104 valence electrons. The SMILES string of the molecule is CN1CCN(CCNC(=O)c2ccc(Br)nc2)CC1. The van der Waals surface area contributed by atoms with Gasteiger partial charge < -0.3 is 10.2 Å². The molecule has 1 N–H and O–H groups in total. The van der Waals surface area contributed by atoms with Crippen molar-refractivity contribution in [1.82, 2.24) is 20.1 Å². The third-order valence-corrected chi connectivity index (χ3v) is 3.77. The normalized spacial score (nSPS) is 17.4. The van der Waals surface area contributed by atoms with Gasteiger partial charge in [0.25, 0.3) is 5.91 Å². The van der Waals surface area contributed by atoms with E-state index >= 15 is 0 Å². The van der Waals surface area contributed by atoms with Crippen LogP contribution < -0.4 is 5.32 Å². The van der Waals surface area contributed by atoms with Gasteiger partial charge in [0.2, 0.25) is 0 Å². The highest BCUT2D eigenvalue weighted by molar-refractivity contribution is 9.10. The molecule has 1 fully saturated rings. The molecule has 1 amide bonds. The fourth-order valence-electron chi connectivity index (χ4n) is 2.01. The fraction of sp³-hybridized carbons (Fsp3) is 0.538. The van der Waals surface area contributed by atoms with E-state index in [0.29, 0.717) is 12.1 Å². The molecule has 1 aliphatic rings. The Morgan fingerprint density at radius 1 is 1.37 bits per heavy atom. The number of carbonyl (C=O) groups excluding carboxylic acids is 1. The van der Waals surface area contributed by atoms with E-state index in [0.717, 1.165) is 37.3 Å². The fourth-order valence-corrected chi connectivity index (χ4v) is 2.25. The van der Waals surface area contributed by atoms with Crippen LogP contribution in [0.4, 0.5) is 0 Å². The molecule has 6 heteroatoms. The summed E-state index contributed by atoms with van der Waals surface area (Å²) < 4.78 is 0.737. The van der Waals surface area contributed by atoms with Crippen LogP contribution in [0.2, 0.25) is 0 Å². The van der Waals surface area contributed by atoms with Crippen LogP contribution in [0, 0.1) is 0 Å². The molecule has 19 heavy (non-hydrogen) atoms. The van der Waals surface area contributed by atoms with Gasteiger partial charge in [-0.05, 0) is 35.1 Å². The topological polar surface area (TPSA) is 48.5 Å². The van der Waals surface area contributed by atoms with Crippen LogP contribution in [0.15, 0.2) is 22.9 Å². The summed E-state index contributed by atoms with van der Waals surface area (Å²) in [6.45, 7) is 5.94. The molecule has 1 aromatic heterocycles. The summed E-state index contributed by atoms with van der Waals surface area (Å²) in [6.07, 6.45) is 1.58. The molecule has 1 aromatic rings. The minimum Gasteiger partial charge on any atom is -0.351 e. The van der Waals surface area contributed by atoms with Crippen LogP contribution in [0.1, 0.15) is 10.4 Å². The van der Waals surface area contributed by atoms with Gasteiger partial charge in [0.05, 0.1) is 5.56 Å². The van der Waals surface area contributed by atoms with Crippen LogP contribution in [-0.2, 0) is 0 Å². The summed E-state index contributed by atoms with van der Waals surface area (Å²) in [5, 5.41) is 2.93. The van der Waals surface area contributed by atoms with Crippen molar-refractivity contribution in [3.8, 4) is 0 Å². The van der Waals surface area contributed by atoms with Gasteiger partial charge in [-0.3, -0.25) is 9.69 Å². The number of likely N-dealkylation sites (N-methyl/N-ethyl adjacent to an activating group) is 1. The van der Waals surface area contributed by atoms with E-state index in [-0.39, 0.29) is 5.91 Å². The van der Waals surface area contributed by atoms with E-state index in [1.807, 2.05) is 0 Å². The zero-order valence-corrected chi connectivity index (χ0v) is 12.7. The van der Waals surface area contributed by atoms with E-state index in [1.165, 1.54) is 0 Å². The number of amides is 1. The lowest BCUT2D eigenvalue weighted by molar-refractivity contribution is 0.0940. The number of pyridine rings is 1. The molecule has 2 heterocycles. The van der Waals surface area contributed by atoms with Gasteiger partial charge in [-0.1, -0.05) is 0 Å². The van der Waals surface area contributed by atoms with Gasteiger partial charge in [0.1, 0.15) is 4.60 Å². The molecule has 1 aliphatic heterocycles. The Hall–Kier alpha value is -0.980. The zero-order chi connectivity index (χ0) is 13.7. The lowest BCUT2D eigenvalue weighted by Crippen LogP contribution is -2.46. The largest absolute Gasteiger partial charge is 0.351 e. The van der Waals surface area contributed by atoms with E-state index in [9.17, 15) is 4.79 Å². The van der Waals surface area contributed by atoms with Gasteiger partial charge in [-0.15, -0.1) is 0 Å². The molecule has 0 atom stereocenters. The third-order valence-electron chi connectivity index (χ3n) is 3.30. The van der Waals surface area contributed by atoms with Crippen molar-refractivity contribution in [1.29, 1.82) is 0 Å². The summed E-state index contributed by atoms with van der Waals surface area (Å²) in [7, 11) is 2.14. The van der Waals surface area contributed by atoms with Crippen molar-refractivity contribution in [2.75, 3.05) is 46.3 Å². The monoisotopic (exact) mass is 326 g/mol. The van der Waals surface area contributed by atoms with Crippen LogP contribution in [0.5, 0.6) is 0 Å². The highest BCUT2D eigenvalue weighted by Crippen LogP contribution is 2.06. The van der Waals surface area contributed by atoms with Crippen molar-refractivity contribution in [3.63, 3.8) is 0 Å². The van der Waals surface area contributed by atoms with Crippen molar-refractivity contribution in [3.05, 3.63) is 28.5 Å². The molecule has 0 aromatic carbocycles. The van der Waals surface area contributed by atoms with Gasteiger partial charge in [0, 0.05) is 45.5 Å². The lowest BCUT2D eigenvalue weighted by Gasteiger charge is -2.32. The highest BCUT2D eigenvalue weighted by atomic mass is 79.9. The Morgan fingerprint density at radius 3 is 2.74 bits per heavy atom. The van der Waals surface area contributed by atoms with Crippen LogP contribution in [-0.4, -0.2) is 67.0 Å². The summed E-state index contributed by atoms with van der Waals surface area (Å²) in [5.74, 6) is -0.0610. The zero-order valence-electron chi connectivity index (χ0n) is 11.1. The van der Waals surface area contributed by atoms with Gasteiger partial charge in [-0.2, -0.15) is 0 Å². The molecule has 1 saturated heterocycles. The predicted molar refractivity (Wildman–Crippen MR) is 78.2 cm³/mol. The molecular weight excluding hydrogens is 308 g/mol. The van der Waals surface area contributed by atoms with E-state index in [2.05, 4.69) is 43.1 Å². The third kappa shape index (κ3) is 4.56. The number of hydrogen-bond acceptors (Lipinski definition) is 4. The lowest BCUT2D eigenvalue weighted by atomic mass is 10.2. The number of halogens is 1. The second kappa shape index (κ2) is 6.98. The Labute approximate surface area is 122 Å². The number of piperazine rings is 1. The van der Waals surface area contributed by atoms with Crippen molar-refractivity contribution in [2.24, 2.45) is 0 Å². The van der Waals surface area contributed by atoms with Crippen molar-refractivity contribution >= 4 is 21.8 Å². The Balaban J connectivity index is 1.70. The minimum absolute atomic E-state index is 0.0610. The molecule has 0 radical (unpaired) electrons. The number of aromatic nitrogens is 1. The van der Waals surface area contributed by atoms with Gasteiger partial charge >= 0.3 is 0 Å². The first-order chi connectivity index (χ1) is 9.15. The second-order valence-corrected chi connectivity index (χ2v) is 5.58. The first-order valence-electron chi connectivity index (χ1n) is 6.46. The van der Waals surface area contributed by atoms with Gasteiger partial charge in [0.15, 0.2) is 0 Å².